The Labute approximate surface area is 123 Å². The second kappa shape index (κ2) is 7.21. The molecule has 116 valence electrons. The van der Waals surface area contributed by atoms with Crippen molar-refractivity contribution < 1.29 is 19.4 Å². The third kappa shape index (κ3) is 4.04. The highest BCUT2D eigenvalue weighted by atomic mass is 16.5. The lowest BCUT2D eigenvalue weighted by Crippen LogP contribution is -2.38. The minimum absolute atomic E-state index is 0.0393. The van der Waals surface area contributed by atoms with Crippen molar-refractivity contribution in [3.05, 3.63) is 18.2 Å². The van der Waals surface area contributed by atoms with E-state index >= 15 is 0 Å². The van der Waals surface area contributed by atoms with Crippen molar-refractivity contribution >= 4 is 11.9 Å². The first-order chi connectivity index (χ1) is 10.1. The van der Waals surface area contributed by atoms with Gasteiger partial charge in [0.15, 0.2) is 0 Å². The van der Waals surface area contributed by atoms with Gasteiger partial charge in [-0.15, -0.1) is 0 Å². The van der Waals surface area contributed by atoms with Crippen molar-refractivity contribution in [2.75, 3.05) is 26.3 Å². The summed E-state index contributed by atoms with van der Waals surface area (Å²) >= 11 is 0. The van der Waals surface area contributed by atoms with Crippen molar-refractivity contribution in [2.24, 2.45) is 5.92 Å². The highest BCUT2D eigenvalue weighted by molar-refractivity contribution is 5.77. The first-order valence-electron chi connectivity index (χ1n) is 7.20. The lowest BCUT2D eigenvalue weighted by Gasteiger charge is -2.22. The summed E-state index contributed by atoms with van der Waals surface area (Å²) in [5.41, 5.74) is 0. The largest absolute Gasteiger partial charge is 0.481 e. The maximum absolute atomic E-state index is 12.3. The number of aliphatic carboxylic acids is 1. The van der Waals surface area contributed by atoms with E-state index in [0.717, 1.165) is 12.2 Å². The number of hydrogen-bond acceptors (Lipinski definition) is 4. The predicted octanol–water partition coefficient (Wildman–Crippen LogP) is 0.395. The van der Waals surface area contributed by atoms with Gasteiger partial charge in [-0.1, -0.05) is 6.92 Å². The van der Waals surface area contributed by atoms with E-state index in [2.05, 4.69) is 4.98 Å². The average Bonchev–Trinajstić information content (AvgIpc) is 2.77. The number of nitrogens with zero attached hydrogens (tertiary/aromatic N) is 3. The van der Waals surface area contributed by atoms with Gasteiger partial charge in [0.25, 0.3) is 0 Å². The molecule has 0 aliphatic carbocycles. The molecule has 1 aromatic rings. The zero-order chi connectivity index (χ0) is 15.2. The second-order valence-corrected chi connectivity index (χ2v) is 5.09. The maximum Gasteiger partial charge on any atom is 0.310 e. The molecule has 0 spiro atoms. The smallest absolute Gasteiger partial charge is 0.310 e. The van der Waals surface area contributed by atoms with Crippen molar-refractivity contribution in [3.8, 4) is 0 Å². The van der Waals surface area contributed by atoms with Gasteiger partial charge in [0, 0.05) is 44.9 Å². The summed E-state index contributed by atoms with van der Waals surface area (Å²) in [5.74, 6) is -0.651. The molecule has 1 unspecified atom stereocenters. The fraction of sp³-hybridized carbons (Fsp3) is 0.643. The zero-order valence-corrected chi connectivity index (χ0v) is 12.2. The summed E-state index contributed by atoms with van der Waals surface area (Å²) in [6.07, 6.45) is 4.75. The van der Waals surface area contributed by atoms with E-state index in [4.69, 9.17) is 9.84 Å². The van der Waals surface area contributed by atoms with Crippen LogP contribution in [0.25, 0.3) is 0 Å². The molecular formula is C14H21N3O4. The Balaban J connectivity index is 1.91. The summed E-state index contributed by atoms with van der Waals surface area (Å²) < 4.78 is 7.20. The lowest BCUT2D eigenvalue weighted by atomic mass is 10.1. The van der Waals surface area contributed by atoms with Gasteiger partial charge in [-0.2, -0.15) is 0 Å². The van der Waals surface area contributed by atoms with Crippen molar-refractivity contribution in [1.82, 2.24) is 14.5 Å². The van der Waals surface area contributed by atoms with Gasteiger partial charge in [0.1, 0.15) is 5.82 Å². The fourth-order valence-corrected chi connectivity index (χ4v) is 2.42. The van der Waals surface area contributed by atoms with Crippen molar-refractivity contribution in [1.29, 1.82) is 0 Å². The molecule has 1 aliphatic rings. The molecule has 2 heterocycles. The van der Waals surface area contributed by atoms with Crippen LogP contribution in [0.3, 0.4) is 0 Å². The van der Waals surface area contributed by atoms with Gasteiger partial charge in [-0.3, -0.25) is 9.59 Å². The normalized spacial score (nSPS) is 19.3. The number of rotatable bonds is 5. The molecule has 1 N–H and O–H groups in total. The summed E-state index contributed by atoms with van der Waals surface area (Å²) in [7, 11) is 0. The summed E-state index contributed by atoms with van der Waals surface area (Å²) in [5, 5.41) is 9.08. The van der Waals surface area contributed by atoms with Crippen LogP contribution in [0.4, 0.5) is 0 Å². The molecule has 1 fully saturated rings. The Morgan fingerprint density at radius 3 is 3.05 bits per heavy atom. The average molecular weight is 295 g/mol. The Morgan fingerprint density at radius 1 is 1.52 bits per heavy atom. The van der Waals surface area contributed by atoms with Gasteiger partial charge >= 0.3 is 5.97 Å². The van der Waals surface area contributed by atoms with Crippen LogP contribution in [0, 0.1) is 5.92 Å². The van der Waals surface area contributed by atoms with E-state index < -0.39 is 11.9 Å². The number of aromatic nitrogens is 2. The molecule has 1 aliphatic heterocycles. The summed E-state index contributed by atoms with van der Waals surface area (Å²) in [6, 6.07) is 0. The van der Waals surface area contributed by atoms with E-state index in [1.165, 1.54) is 0 Å². The SMILES string of the molecule is CCc1nccn1CCC(=O)N1CCOCC(C(=O)O)C1. The van der Waals surface area contributed by atoms with E-state index in [-0.39, 0.29) is 19.1 Å². The van der Waals surface area contributed by atoms with Crippen LogP contribution in [-0.2, 0) is 27.3 Å². The van der Waals surface area contributed by atoms with E-state index in [1.807, 2.05) is 17.7 Å². The van der Waals surface area contributed by atoms with E-state index in [9.17, 15) is 9.59 Å². The number of carbonyl (C=O) groups excluding carboxylic acids is 1. The van der Waals surface area contributed by atoms with E-state index in [0.29, 0.717) is 26.1 Å². The Hall–Kier alpha value is -1.89. The molecule has 2 rings (SSSR count). The summed E-state index contributed by atoms with van der Waals surface area (Å²) in [4.78, 5) is 29.1. The quantitative estimate of drug-likeness (QED) is 0.849. The molecule has 0 bridgehead atoms. The number of ether oxygens (including phenoxy) is 1. The minimum atomic E-state index is -0.919. The van der Waals surface area contributed by atoms with Crippen molar-refractivity contribution in [2.45, 2.75) is 26.3 Å². The third-order valence-corrected chi connectivity index (χ3v) is 3.65. The van der Waals surface area contributed by atoms with Gasteiger partial charge in [-0.05, 0) is 0 Å². The monoisotopic (exact) mass is 295 g/mol. The lowest BCUT2D eigenvalue weighted by molar-refractivity contribution is -0.144. The van der Waals surface area contributed by atoms with Gasteiger partial charge < -0.3 is 19.3 Å². The molecule has 0 aromatic carbocycles. The molecule has 1 saturated heterocycles. The molecule has 7 heteroatoms. The molecule has 0 saturated carbocycles. The van der Waals surface area contributed by atoms with Crippen LogP contribution < -0.4 is 0 Å². The Bertz CT molecular complexity index is 500. The van der Waals surface area contributed by atoms with Crippen LogP contribution in [0.5, 0.6) is 0 Å². The number of carbonyl (C=O) groups is 2. The topological polar surface area (TPSA) is 84.7 Å². The molecule has 1 atom stereocenters. The molecule has 7 nitrogen and oxygen atoms in total. The number of amides is 1. The Kier molecular flexibility index (Phi) is 5.32. The first kappa shape index (κ1) is 15.5. The van der Waals surface area contributed by atoms with Gasteiger partial charge in [-0.25, -0.2) is 4.98 Å². The Morgan fingerprint density at radius 2 is 2.33 bits per heavy atom. The second-order valence-electron chi connectivity index (χ2n) is 5.09. The molecule has 0 radical (unpaired) electrons. The predicted molar refractivity (Wildman–Crippen MR) is 74.7 cm³/mol. The number of carboxylic acid groups (broad SMARTS) is 1. The van der Waals surface area contributed by atoms with Gasteiger partial charge in [0.2, 0.25) is 5.91 Å². The molecular weight excluding hydrogens is 274 g/mol. The molecule has 1 aromatic heterocycles. The number of aryl methyl sites for hydroxylation is 2. The number of hydrogen-bond donors (Lipinski definition) is 1. The van der Waals surface area contributed by atoms with Crippen LogP contribution >= 0.6 is 0 Å². The van der Waals surface area contributed by atoms with E-state index in [1.54, 1.807) is 11.1 Å². The summed E-state index contributed by atoms with van der Waals surface area (Å²) in [6.45, 7) is 3.81. The minimum Gasteiger partial charge on any atom is -0.481 e. The maximum atomic E-state index is 12.3. The fourth-order valence-electron chi connectivity index (χ4n) is 2.42. The first-order valence-corrected chi connectivity index (χ1v) is 7.20. The van der Waals surface area contributed by atoms with Crippen LogP contribution in [0.15, 0.2) is 12.4 Å². The number of carboxylic acids is 1. The van der Waals surface area contributed by atoms with Crippen molar-refractivity contribution in [3.63, 3.8) is 0 Å². The number of imidazole rings is 1. The zero-order valence-electron chi connectivity index (χ0n) is 12.2. The molecule has 21 heavy (non-hydrogen) atoms. The molecule has 1 amide bonds. The highest BCUT2D eigenvalue weighted by Crippen LogP contribution is 2.10. The van der Waals surface area contributed by atoms with Crippen LogP contribution in [0.2, 0.25) is 0 Å². The standard InChI is InChI=1S/C14H21N3O4/c1-2-12-15-4-6-16(12)5-3-13(18)17-7-8-21-10-11(9-17)14(19)20/h4,6,11H,2-3,5,7-10H2,1H3,(H,19,20). The van der Waals surface area contributed by atoms with Gasteiger partial charge in [0.05, 0.1) is 19.1 Å². The highest BCUT2D eigenvalue weighted by Gasteiger charge is 2.26. The van der Waals surface area contributed by atoms with Crippen LogP contribution in [-0.4, -0.2) is 57.7 Å². The third-order valence-electron chi connectivity index (χ3n) is 3.65. The van der Waals surface area contributed by atoms with Crippen LogP contribution in [0.1, 0.15) is 19.2 Å².